The lowest BCUT2D eigenvalue weighted by atomic mass is 10.0. The van der Waals surface area contributed by atoms with Gasteiger partial charge in [-0.25, -0.2) is 4.79 Å². The van der Waals surface area contributed by atoms with E-state index in [0.29, 0.717) is 17.0 Å². The summed E-state index contributed by atoms with van der Waals surface area (Å²) < 4.78 is 15.7. The highest BCUT2D eigenvalue weighted by Gasteiger charge is 2.18. The zero-order valence-corrected chi connectivity index (χ0v) is 14.4. The predicted octanol–water partition coefficient (Wildman–Crippen LogP) is 4.90. The molecule has 0 aromatic heterocycles. The molecule has 0 N–H and O–H groups in total. The van der Waals surface area contributed by atoms with Crippen molar-refractivity contribution in [3.8, 4) is 0 Å². The Morgan fingerprint density at radius 3 is 2.72 bits per heavy atom. The minimum Gasteiger partial charge on any atom is -0.465 e. The maximum absolute atomic E-state index is 11.9. The number of esters is 1. The van der Waals surface area contributed by atoms with Crippen molar-refractivity contribution < 1.29 is 19.0 Å². The van der Waals surface area contributed by atoms with Gasteiger partial charge in [-0.3, -0.25) is 0 Å². The minimum atomic E-state index is -0.415. The summed E-state index contributed by atoms with van der Waals surface area (Å²) in [4.78, 5) is 11.9. The Morgan fingerprint density at radius 2 is 1.96 bits per heavy atom. The van der Waals surface area contributed by atoms with E-state index in [2.05, 4.69) is 0 Å². The van der Waals surface area contributed by atoms with E-state index in [4.69, 9.17) is 25.8 Å². The molecular weight excluding hydrogens is 340 g/mol. The van der Waals surface area contributed by atoms with Crippen molar-refractivity contribution in [2.45, 2.75) is 12.7 Å². The smallest absolute Gasteiger partial charge is 0.338 e. The standard InChI is InChI=1S/C20H17ClO4/c1-23-19(22)18-13-16(21)10-9-15(18)7-4-6-14-5-2-3-8-17(14)20-24-11-12-25-20/h2-5,7-13,20H,6H2,1H3/b7-4+. The Bertz CT molecular complexity index is 818. The van der Waals surface area contributed by atoms with Gasteiger partial charge in [-0.2, -0.15) is 0 Å². The fourth-order valence-electron chi connectivity index (χ4n) is 2.61. The van der Waals surface area contributed by atoms with E-state index in [1.807, 2.05) is 36.4 Å². The summed E-state index contributed by atoms with van der Waals surface area (Å²) in [6.07, 6.45) is 7.19. The van der Waals surface area contributed by atoms with Crippen LogP contribution >= 0.6 is 11.6 Å². The largest absolute Gasteiger partial charge is 0.465 e. The molecule has 0 saturated carbocycles. The first-order valence-electron chi connectivity index (χ1n) is 7.77. The third-order valence-electron chi connectivity index (χ3n) is 3.82. The third-order valence-corrected chi connectivity index (χ3v) is 4.06. The first-order valence-corrected chi connectivity index (χ1v) is 8.15. The van der Waals surface area contributed by atoms with Gasteiger partial charge in [0.25, 0.3) is 6.29 Å². The second-order valence-corrected chi connectivity index (χ2v) is 5.84. The SMILES string of the molecule is COC(=O)c1cc(Cl)ccc1/C=C/Cc1ccccc1C1OC=CO1. The van der Waals surface area contributed by atoms with Gasteiger partial charge in [-0.15, -0.1) is 0 Å². The highest BCUT2D eigenvalue weighted by atomic mass is 35.5. The number of rotatable bonds is 5. The van der Waals surface area contributed by atoms with E-state index in [-0.39, 0.29) is 0 Å². The van der Waals surface area contributed by atoms with Gasteiger partial charge in [0.05, 0.1) is 12.7 Å². The van der Waals surface area contributed by atoms with E-state index >= 15 is 0 Å². The van der Waals surface area contributed by atoms with Crippen LogP contribution in [0.1, 0.15) is 33.3 Å². The number of methoxy groups -OCH3 is 1. The molecule has 0 bridgehead atoms. The first kappa shape index (κ1) is 17.1. The van der Waals surface area contributed by atoms with E-state index in [1.165, 1.54) is 19.6 Å². The maximum Gasteiger partial charge on any atom is 0.338 e. The van der Waals surface area contributed by atoms with Crippen LogP contribution in [0.2, 0.25) is 5.02 Å². The van der Waals surface area contributed by atoms with Gasteiger partial charge >= 0.3 is 5.97 Å². The van der Waals surface area contributed by atoms with Crippen molar-refractivity contribution in [3.63, 3.8) is 0 Å². The van der Waals surface area contributed by atoms with Crippen molar-refractivity contribution in [2.75, 3.05) is 7.11 Å². The number of allylic oxidation sites excluding steroid dienone is 1. The second-order valence-electron chi connectivity index (χ2n) is 5.40. The Labute approximate surface area is 151 Å². The molecule has 1 heterocycles. The van der Waals surface area contributed by atoms with Gasteiger partial charge in [0, 0.05) is 10.6 Å². The summed E-state index contributed by atoms with van der Waals surface area (Å²) in [5.74, 6) is -0.415. The van der Waals surface area contributed by atoms with Crippen LogP contribution in [0, 0.1) is 0 Å². The zero-order chi connectivity index (χ0) is 17.6. The normalized spacial score (nSPS) is 13.7. The number of carbonyl (C=O) groups is 1. The lowest BCUT2D eigenvalue weighted by Crippen LogP contribution is -2.04. The van der Waals surface area contributed by atoms with Crippen molar-refractivity contribution in [3.05, 3.63) is 88.3 Å². The maximum atomic E-state index is 11.9. The molecule has 0 atom stereocenters. The summed E-state index contributed by atoms with van der Waals surface area (Å²) in [5.41, 5.74) is 3.25. The predicted molar refractivity (Wildman–Crippen MR) is 96.0 cm³/mol. The quantitative estimate of drug-likeness (QED) is 0.715. The molecule has 0 amide bonds. The molecule has 128 valence electrons. The highest BCUT2D eigenvalue weighted by Crippen LogP contribution is 2.27. The fraction of sp³-hybridized carbons (Fsp3) is 0.150. The van der Waals surface area contributed by atoms with Crippen molar-refractivity contribution in [1.82, 2.24) is 0 Å². The zero-order valence-electron chi connectivity index (χ0n) is 13.6. The van der Waals surface area contributed by atoms with Crippen LogP contribution in [-0.4, -0.2) is 13.1 Å². The lowest BCUT2D eigenvalue weighted by Gasteiger charge is -2.14. The summed E-state index contributed by atoms with van der Waals surface area (Å²) in [6.45, 7) is 0. The molecule has 0 spiro atoms. The van der Waals surface area contributed by atoms with Crippen LogP contribution in [0.25, 0.3) is 6.08 Å². The Balaban J connectivity index is 1.80. The summed E-state index contributed by atoms with van der Waals surface area (Å²) in [7, 11) is 1.35. The molecule has 3 rings (SSSR count). The average Bonchev–Trinajstić information content (AvgIpc) is 3.17. The van der Waals surface area contributed by atoms with E-state index < -0.39 is 12.3 Å². The van der Waals surface area contributed by atoms with Crippen LogP contribution in [-0.2, 0) is 20.6 Å². The lowest BCUT2D eigenvalue weighted by molar-refractivity contribution is -0.0251. The highest BCUT2D eigenvalue weighted by molar-refractivity contribution is 6.31. The van der Waals surface area contributed by atoms with Crippen LogP contribution in [0.15, 0.2) is 61.1 Å². The topological polar surface area (TPSA) is 44.8 Å². The van der Waals surface area contributed by atoms with Gasteiger partial charge in [-0.1, -0.05) is 54.1 Å². The van der Waals surface area contributed by atoms with Crippen LogP contribution in [0.3, 0.4) is 0 Å². The number of hydrogen-bond donors (Lipinski definition) is 0. The molecule has 25 heavy (non-hydrogen) atoms. The van der Waals surface area contributed by atoms with Gasteiger partial charge in [0.2, 0.25) is 0 Å². The van der Waals surface area contributed by atoms with Crippen LogP contribution < -0.4 is 0 Å². The van der Waals surface area contributed by atoms with Gasteiger partial charge in [0.15, 0.2) is 0 Å². The molecule has 2 aromatic rings. The molecule has 0 unspecified atom stereocenters. The van der Waals surface area contributed by atoms with E-state index in [9.17, 15) is 4.79 Å². The Hall–Kier alpha value is -2.72. The summed E-state index contributed by atoms with van der Waals surface area (Å²) in [5, 5.41) is 0.492. The fourth-order valence-corrected chi connectivity index (χ4v) is 2.78. The van der Waals surface area contributed by atoms with Gasteiger partial charge < -0.3 is 14.2 Å². The Morgan fingerprint density at radius 1 is 1.20 bits per heavy atom. The first-order chi connectivity index (χ1) is 12.2. The molecule has 2 aromatic carbocycles. The molecule has 0 fully saturated rings. The van der Waals surface area contributed by atoms with Crippen molar-refractivity contribution in [1.29, 1.82) is 0 Å². The molecular formula is C20H17ClO4. The molecule has 0 radical (unpaired) electrons. The molecule has 4 nitrogen and oxygen atoms in total. The van der Waals surface area contributed by atoms with Crippen LogP contribution in [0.4, 0.5) is 0 Å². The van der Waals surface area contributed by atoms with E-state index in [1.54, 1.807) is 18.2 Å². The monoisotopic (exact) mass is 356 g/mol. The summed E-state index contributed by atoms with van der Waals surface area (Å²) >= 11 is 5.98. The second kappa shape index (κ2) is 7.90. The number of benzene rings is 2. The third kappa shape index (κ3) is 4.03. The van der Waals surface area contributed by atoms with Gasteiger partial charge in [0.1, 0.15) is 12.5 Å². The Kier molecular flexibility index (Phi) is 5.41. The molecule has 1 aliphatic rings. The number of halogens is 1. The number of carbonyl (C=O) groups excluding carboxylic acids is 1. The minimum absolute atomic E-state index is 0.411. The van der Waals surface area contributed by atoms with Crippen LogP contribution in [0.5, 0.6) is 0 Å². The van der Waals surface area contributed by atoms with Crippen molar-refractivity contribution in [2.24, 2.45) is 0 Å². The average molecular weight is 357 g/mol. The molecule has 1 aliphatic heterocycles. The van der Waals surface area contributed by atoms with Gasteiger partial charge in [-0.05, 0) is 29.7 Å². The number of hydrogen-bond acceptors (Lipinski definition) is 4. The molecule has 0 aliphatic carbocycles. The van der Waals surface area contributed by atoms with E-state index in [0.717, 1.165) is 16.7 Å². The number of ether oxygens (including phenoxy) is 3. The van der Waals surface area contributed by atoms with Crippen molar-refractivity contribution >= 4 is 23.6 Å². The molecule has 0 saturated heterocycles. The summed E-state index contributed by atoms with van der Waals surface area (Å²) in [6, 6.07) is 13.1. The molecule has 5 heteroatoms.